The van der Waals surface area contributed by atoms with Crippen LogP contribution in [0.25, 0.3) is 0 Å². The van der Waals surface area contributed by atoms with Crippen molar-refractivity contribution in [2.75, 3.05) is 6.54 Å². The van der Waals surface area contributed by atoms with Gasteiger partial charge in [0.2, 0.25) is 10.0 Å². The van der Waals surface area contributed by atoms with E-state index in [2.05, 4.69) is 4.72 Å². The van der Waals surface area contributed by atoms with Crippen LogP contribution in [-0.2, 0) is 10.0 Å². The average molecular weight is 359 g/mol. The van der Waals surface area contributed by atoms with Crippen molar-refractivity contribution < 1.29 is 12.8 Å². The van der Waals surface area contributed by atoms with Crippen LogP contribution in [0.15, 0.2) is 23.1 Å². The second kappa shape index (κ2) is 7.74. The first kappa shape index (κ1) is 20.6. The predicted octanol–water partition coefficient (Wildman–Crippen LogP) is 2.94. The highest BCUT2D eigenvalue weighted by Gasteiger charge is 2.30. The normalized spacial score (nSPS) is 14.6. The van der Waals surface area contributed by atoms with Crippen LogP contribution >= 0.6 is 24.0 Å². The van der Waals surface area contributed by atoms with E-state index in [9.17, 15) is 12.8 Å². The number of hydrogen-bond acceptors (Lipinski definition) is 3. The van der Waals surface area contributed by atoms with Gasteiger partial charge in [-0.05, 0) is 37.5 Å². The van der Waals surface area contributed by atoms with E-state index in [4.69, 9.17) is 17.3 Å². The van der Waals surface area contributed by atoms with E-state index in [0.29, 0.717) is 6.42 Å². The van der Waals surface area contributed by atoms with Gasteiger partial charge in [-0.2, -0.15) is 0 Å². The first-order valence-electron chi connectivity index (χ1n) is 6.28. The monoisotopic (exact) mass is 358 g/mol. The molecule has 21 heavy (non-hydrogen) atoms. The highest BCUT2D eigenvalue weighted by Crippen LogP contribution is 2.22. The molecule has 3 N–H and O–H groups in total. The molecule has 1 rings (SSSR count). The molecule has 0 heterocycles. The standard InChI is InChI=1S/C13H20ClFN2O2S.ClH/c1-9(2)7-13(3,8-16)17-20(18,19)12-5-10(14)4-11(15)6-12;/h4-6,9,17H,7-8,16H2,1-3H3;1H. The minimum atomic E-state index is -3.88. The number of nitrogens with two attached hydrogens (primary N) is 1. The van der Waals surface area contributed by atoms with Crippen molar-refractivity contribution in [2.24, 2.45) is 11.7 Å². The molecule has 0 bridgehead atoms. The minimum Gasteiger partial charge on any atom is -0.329 e. The Morgan fingerprint density at radius 2 is 1.95 bits per heavy atom. The van der Waals surface area contributed by atoms with E-state index in [0.717, 1.165) is 12.1 Å². The summed E-state index contributed by atoms with van der Waals surface area (Å²) in [5.41, 5.74) is 4.89. The smallest absolute Gasteiger partial charge is 0.241 e. The zero-order valence-corrected chi connectivity index (χ0v) is 14.6. The molecule has 122 valence electrons. The molecular formula is C13H21Cl2FN2O2S. The van der Waals surface area contributed by atoms with Gasteiger partial charge in [-0.3, -0.25) is 0 Å². The van der Waals surface area contributed by atoms with Crippen LogP contribution in [0.4, 0.5) is 4.39 Å². The molecular weight excluding hydrogens is 338 g/mol. The molecule has 4 nitrogen and oxygen atoms in total. The fourth-order valence-electron chi connectivity index (χ4n) is 2.13. The lowest BCUT2D eigenvalue weighted by atomic mass is 9.92. The van der Waals surface area contributed by atoms with Crippen molar-refractivity contribution in [3.63, 3.8) is 0 Å². The molecule has 0 saturated heterocycles. The molecule has 0 aliphatic carbocycles. The van der Waals surface area contributed by atoms with Crippen LogP contribution in [0.2, 0.25) is 5.02 Å². The average Bonchev–Trinajstić information content (AvgIpc) is 2.25. The van der Waals surface area contributed by atoms with Gasteiger partial charge in [0, 0.05) is 17.1 Å². The first-order chi connectivity index (χ1) is 9.08. The van der Waals surface area contributed by atoms with E-state index >= 15 is 0 Å². The van der Waals surface area contributed by atoms with Gasteiger partial charge >= 0.3 is 0 Å². The van der Waals surface area contributed by atoms with E-state index in [1.807, 2.05) is 13.8 Å². The van der Waals surface area contributed by atoms with Crippen molar-refractivity contribution >= 4 is 34.0 Å². The summed E-state index contributed by atoms with van der Waals surface area (Å²) >= 11 is 5.69. The van der Waals surface area contributed by atoms with Gasteiger partial charge in [-0.25, -0.2) is 17.5 Å². The van der Waals surface area contributed by atoms with Crippen LogP contribution in [-0.4, -0.2) is 20.5 Å². The Balaban J connectivity index is 0.00000400. The van der Waals surface area contributed by atoms with Gasteiger partial charge in [0.05, 0.1) is 4.90 Å². The third-order valence-electron chi connectivity index (χ3n) is 2.84. The van der Waals surface area contributed by atoms with Crippen LogP contribution in [0, 0.1) is 11.7 Å². The summed E-state index contributed by atoms with van der Waals surface area (Å²) in [6.45, 7) is 5.82. The maximum Gasteiger partial charge on any atom is 0.241 e. The van der Waals surface area contributed by atoms with Gasteiger partial charge < -0.3 is 5.73 Å². The topological polar surface area (TPSA) is 72.2 Å². The lowest BCUT2D eigenvalue weighted by molar-refractivity contribution is 0.344. The molecule has 0 aliphatic heterocycles. The Morgan fingerprint density at radius 3 is 2.38 bits per heavy atom. The Morgan fingerprint density at radius 1 is 1.38 bits per heavy atom. The molecule has 1 unspecified atom stereocenters. The van der Waals surface area contributed by atoms with Crippen molar-refractivity contribution in [2.45, 2.75) is 37.6 Å². The predicted molar refractivity (Wildman–Crippen MR) is 85.9 cm³/mol. The molecule has 0 radical (unpaired) electrons. The Labute approximate surface area is 136 Å². The molecule has 0 fully saturated rings. The van der Waals surface area contributed by atoms with Gasteiger partial charge in [0.1, 0.15) is 5.82 Å². The number of halogens is 3. The van der Waals surface area contributed by atoms with Crippen molar-refractivity contribution in [3.8, 4) is 0 Å². The third kappa shape index (κ3) is 6.08. The molecule has 0 aromatic heterocycles. The van der Waals surface area contributed by atoms with Crippen molar-refractivity contribution in [1.82, 2.24) is 4.72 Å². The number of benzene rings is 1. The summed E-state index contributed by atoms with van der Waals surface area (Å²) in [5, 5.41) is 0.0312. The van der Waals surface area contributed by atoms with Crippen LogP contribution < -0.4 is 10.5 Å². The lowest BCUT2D eigenvalue weighted by Crippen LogP contribution is -2.52. The number of hydrogen-bond donors (Lipinski definition) is 2. The van der Waals surface area contributed by atoms with Crippen LogP contribution in [0.5, 0.6) is 0 Å². The largest absolute Gasteiger partial charge is 0.329 e. The maximum absolute atomic E-state index is 13.3. The zero-order chi connectivity index (χ0) is 15.6. The fraction of sp³-hybridized carbons (Fsp3) is 0.538. The second-order valence-electron chi connectivity index (χ2n) is 5.57. The minimum absolute atomic E-state index is 0. The first-order valence-corrected chi connectivity index (χ1v) is 8.14. The number of rotatable bonds is 6. The summed E-state index contributed by atoms with van der Waals surface area (Å²) in [4.78, 5) is -0.203. The quantitative estimate of drug-likeness (QED) is 0.820. The molecule has 0 spiro atoms. The molecule has 0 amide bonds. The summed E-state index contributed by atoms with van der Waals surface area (Å²) in [6.07, 6.45) is 0.575. The molecule has 0 aliphatic rings. The van der Waals surface area contributed by atoms with Gasteiger partial charge in [-0.15, -0.1) is 12.4 Å². The van der Waals surface area contributed by atoms with Crippen LogP contribution in [0.1, 0.15) is 27.2 Å². The number of sulfonamides is 1. The Bertz CT molecular complexity index is 561. The fourth-order valence-corrected chi connectivity index (χ4v) is 3.90. The van der Waals surface area contributed by atoms with E-state index in [1.165, 1.54) is 6.07 Å². The number of nitrogens with one attached hydrogen (secondary N) is 1. The van der Waals surface area contributed by atoms with E-state index in [-0.39, 0.29) is 34.8 Å². The molecule has 1 atom stereocenters. The van der Waals surface area contributed by atoms with Crippen LogP contribution in [0.3, 0.4) is 0 Å². The summed E-state index contributed by atoms with van der Waals surface area (Å²) in [6, 6.07) is 3.19. The lowest BCUT2D eigenvalue weighted by Gasteiger charge is -2.30. The maximum atomic E-state index is 13.3. The summed E-state index contributed by atoms with van der Waals surface area (Å²) in [7, 11) is -3.88. The Kier molecular flexibility index (Phi) is 7.59. The molecule has 1 aromatic rings. The Hall–Kier alpha value is -0.400. The van der Waals surface area contributed by atoms with Gasteiger partial charge in [0.25, 0.3) is 0 Å². The van der Waals surface area contributed by atoms with Gasteiger partial charge in [0.15, 0.2) is 0 Å². The van der Waals surface area contributed by atoms with Crippen molar-refractivity contribution in [3.05, 3.63) is 29.0 Å². The molecule has 0 saturated carbocycles. The second-order valence-corrected chi connectivity index (χ2v) is 7.69. The SMILES string of the molecule is CC(C)CC(C)(CN)NS(=O)(=O)c1cc(F)cc(Cl)c1.Cl. The highest BCUT2D eigenvalue weighted by molar-refractivity contribution is 7.89. The summed E-state index contributed by atoms with van der Waals surface area (Å²) < 4.78 is 40.4. The van der Waals surface area contributed by atoms with E-state index in [1.54, 1.807) is 6.92 Å². The zero-order valence-electron chi connectivity index (χ0n) is 12.2. The third-order valence-corrected chi connectivity index (χ3v) is 4.67. The summed E-state index contributed by atoms with van der Waals surface area (Å²) in [5.74, 6) is -0.432. The van der Waals surface area contributed by atoms with E-state index < -0.39 is 21.4 Å². The van der Waals surface area contributed by atoms with Gasteiger partial charge in [-0.1, -0.05) is 25.4 Å². The molecule has 8 heteroatoms. The van der Waals surface area contributed by atoms with Crippen molar-refractivity contribution in [1.29, 1.82) is 0 Å². The highest BCUT2D eigenvalue weighted by atomic mass is 35.5. The molecule has 1 aromatic carbocycles.